The van der Waals surface area contributed by atoms with E-state index in [0.717, 1.165) is 30.3 Å². The Morgan fingerprint density at radius 2 is 2.08 bits per heavy atom. The van der Waals surface area contributed by atoms with E-state index in [-0.39, 0.29) is 11.5 Å². The Kier molecular flexibility index (Phi) is 4.60. The lowest BCUT2D eigenvalue weighted by Crippen LogP contribution is -2.38. The highest BCUT2D eigenvalue weighted by molar-refractivity contribution is 5.94. The molecule has 25 heavy (non-hydrogen) atoms. The van der Waals surface area contributed by atoms with Crippen LogP contribution in [0.1, 0.15) is 54.1 Å². The Morgan fingerprint density at radius 1 is 1.32 bits per heavy atom. The highest BCUT2D eigenvalue weighted by atomic mass is 19.1. The van der Waals surface area contributed by atoms with Gasteiger partial charge in [0.05, 0.1) is 6.04 Å². The first-order chi connectivity index (χ1) is 11.8. The molecule has 1 atom stereocenters. The zero-order valence-corrected chi connectivity index (χ0v) is 14.5. The third kappa shape index (κ3) is 3.56. The number of nitrogens with zero attached hydrogens (tertiary/aromatic N) is 1. The van der Waals surface area contributed by atoms with Gasteiger partial charge in [-0.3, -0.25) is 9.89 Å². The van der Waals surface area contributed by atoms with Gasteiger partial charge in [-0.05, 0) is 11.5 Å². The zero-order valence-electron chi connectivity index (χ0n) is 14.5. The Bertz CT molecular complexity index is 795. The largest absolute Gasteiger partial charge is 0.343 e. The van der Waals surface area contributed by atoms with Gasteiger partial charge in [0, 0.05) is 42.4 Å². The second-order valence-electron chi connectivity index (χ2n) is 7.39. The van der Waals surface area contributed by atoms with E-state index in [1.54, 1.807) is 0 Å². The summed E-state index contributed by atoms with van der Waals surface area (Å²) in [6.45, 7) is 7.08. The Morgan fingerprint density at radius 3 is 2.76 bits per heavy atom. The molecule has 2 aromatic rings. The fraction of sp³-hybridized carbons (Fsp3) is 0.444. The van der Waals surface area contributed by atoms with Gasteiger partial charge in [-0.1, -0.05) is 26.8 Å². The Labute approximate surface area is 145 Å². The summed E-state index contributed by atoms with van der Waals surface area (Å²) in [5.74, 6) is -1.69. The third-order valence-electron chi connectivity index (χ3n) is 4.44. The molecular weight excluding hydrogens is 326 g/mol. The topological polar surface area (TPSA) is 69.8 Å². The molecule has 2 heterocycles. The number of aromatic nitrogens is 2. The normalized spacial score (nSPS) is 15.6. The van der Waals surface area contributed by atoms with Crippen molar-refractivity contribution < 1.29 is 13.6 Å². The first-order valence-corrected chi connectivity index (χ1v) is 8.30. The average molecular weight is 348 g/mol. The second kappa shape index (κ2) is 6.55. The SMILES string of the molecule is CC(C)(C)C(NC(=O)c1n[nH]c2c1CNCC2)c1ccc(F)cc1F. The molecule has 1 aromatic heterocycles. The third-order valence-corrected chi connectivity index (χ3v) is 4.44. The molecule has 1 amide bonds. The molecule has 5 nitrogen and oxygen atoms in total. The van der Waals surface area contributed by atoms with Crippen molar-refractivity contribution in [2.24, 2.45) is 5.41 Å². The van der Waals surface area contributed by atoms with Crippen LogP contribution in [0.2, 0.25) is 0 Å². The van der Waals surface area contributed by atoms with E-state index in [0.29, 0.717) is 12.2 Å². The van der Waals surface area contributed by atoms with Crippen molar-refractivity contribution in [2.75, 3.05) is 6.54 Å². The number of nitrogens with one attached hydrogen (secondary N) is 3. The van der Waals surface area contributed by atoms with Gasteiger partial charge in [0.2, 0.25) is 0 Å². The summed E-state index contributed by atoms with van der Waals surface area (Å²) in [5.41, 5.74) is 1.90. The number of carbonyl (C=O) groups is 1. The summed E-state index contributed by atoms with van der Waals surface area (Å²) in [6.07, 6.45) is 0.783. The van der Waals surface area contributed by atoms with E-state index in [1.165, 1.54) is 12.1 Å². The molecule has 0 fully saturated rings. The van der Waals surface area contributed by atoms with Crippen molar-refractivity contribution in [3.05, 3.63) is 52.3 Å². The molecule has 1 aliphatic rings. The number of aromatic amines is 1. The minimum Gasteiger partial charge on any atom is -0.343 e. The highest BCUT2D eigenvalue weighted by Gasteiger charge is 2.32. The van der Waals surface area contributed by atoms with Crippen LogP contribution >= 0.6 is 0 Å². The number of rotatable bonds is 3. The molecule has 0 aliphatic carbocycles. The summed E-state index contributed by atoms with van der Waals surface area (Å²) in [4.78, 5) is 12.8. The number of halogens is 2. The summed E-state index contributed by atoms with van der Waals surface area (Å²) in [5, 5.41) is 13.1. The molecule has 0 saturated carbocycles. The molecule has 0 radical (unpaired) electrons. The summed E-state index contributed by atoms with van der Waals surface area (Å²) in [6, 6.07) is 2.79. The van der Waals surface area contributed by atoms with E-state index in [9.17, 15) is 13.6 Å². The van der Waals surface area contributed by atoms with Crippen molar-refractivity contribution in [3.8, 4) is 0 Å². The van der Waals surface area contributed by atoms with E-state index in [4.69, 9.17) is 0 Å². The number of H-pyrrole nitrogens is 1. The maximum Gasteiger partial charge on any atom is 0.272 e. The van der Waals surface area contributed by atoms with Crippen LogP contribution in [0.25, 0.3) is 0 Å². The van der Waals surface area contributed by atoms with Crippen LogP contribution < -0.4 is 10.6 Å². The quantitative estimate of drug-likeness (QED) is 0.799. The molecule has 1 aliphatic heterocycles. The van der Waals surface area contributed by atoms with Crippen molar-refractivity contribution in [3.63, 3.8) is 0 Å². The van der Waals surface area contributed by atoms with E-state index >= 15 is 0 Å². The van der Waals surface area contributed by atoms with Gasteiger partial charge in [0.25, 0.3) is 5.91 Å². The minimum absolute atomic E-state index is 0.254. The molecule has 3 N–H and O–H groups in total. The van der Waals surface area contributed by atoms with Gasteiger partial charge < -0.3 is 10.6 Å². The van der Waals surface area contributed by atoms with Crippen LogP contribution in [-0.4, -0.2) is 22.6 Å². The summed E-state index contributed by atoms with van der Waals surface area (Å²) >= 11 is 0. The Hall–Kier alpha value is -2.28. The van der Waals surface area contributed by atoms with Gasteiger partial charge in [-0.2, -0.15) is 5.10 Å². The number of fused-ring (bicyclic) bond motifs is 1. The predicted molar refractivity (Wildman–Crippen MR) is 90.0 cm³/mol. The Balaban J connectivity index is 1.91. The van der Waals surface area contributed by atoms with Gasteiger partial charge in [-0.15, -0.1) is 0 Å². The van der Waals surface area contributed by atoms with Gasteiger partial charge >= 0.3 is 0 Å². The maximum atomic E-state index is 14.3. The lowest BCUT2D eigenvalue weighted by Gasteiger charge is -2.32. The predicted octanol–water partition coefficient (Wildman–Crippen LogP) is 2.85. The van der Waals surface area contributed by atoms with Crippen LogP contribution in [0.4, 0.5) is 8.78 Å². The molecule has 0 saturated heterocycles. The maximum absolute atomic E-state index is 14.3. The summed E-state index contributed by atoms with van der Waals surface area (Å²) < 4.78 is 27.5. The molecule has 1 aromatic carbocycles. The van der Waals surface area contributed by atoms with Crippen LogP contribution in [0.3, 0.4) is 0 Å². The van der Waals surface area contributed by atoms with Gasteiger partial charge in [0.1, 0.15) is 11.6 Å². The molecule has 1 unspecified atom stereocenters. The zero-order chi connectivity index (χ0) is 18.2. The van der Waals surface area contributed by atoms with Crippen molar-refractivity contribution >= 4 is 5.91 Å². The highest BCUT2D eigenvalue weighted by Crippen LogP contribution is 2.34. The second-order valence-corrected chi connectivity index (χ2v) is 7.39. The van der Waals surface area contributed by atoms with Crippen molar-refractivity contribution in [1.29, 1.82) is 0 Å². The smallest absolute Gasteiger partial charge is 0.272 e. The number of hydrogen-bond acceptors (Lipinski definition) is 3. The average Bonchev–Trinajstić information content (AvgIpc) is 2.96. The molecular formula is C18H22F2N4O. The number of benzene rings is 1. The summed E-state index contributed by atoms with van der Waals surface area (Å²) in [7, 11) is 0. The van der Waals surface area contributed by atoms with Crippen LogP contribution in [0.15, 0.2) is 18.2 Å². The molecule has 3 rings (SSSR count). The van der Waals surface area contributed by atoms with Crippen LogP contribution in [-0.2, 0) is 13.0 Å². The first kappa shape index (κ1) is 17.5. The molecule has 0 bridgehead atoms. The fourth-order valence-corrected chi connectivity index (χ4v) is 3.11. The van der Waals surface area contributed by atoms with Crippen molar-refractivity contribution in [2.45, 2.75) is 39.8 Å². The number of hydrogen-bond donors (Lipinski definition) is 3. The minimum atomic E-state index is -0.675. The lowest BCUT2D eigenvalue weighted by molar-refractivity contribution is 0.0893. The standard InChI is InChI=1S/C18H22F2N4O/c1-18(2,3)16(11-5-4-10(19)8-13(11)20)22-17(25)15-12-9-21-7-6-14(12)23-24-15/h4-5,8,16,21H,6-7,9H2,1-3H3,(H,22,25)(H,23,24). The number of carbonyl (C=O) groups excluding carboxylic acids is 1. The first-order valence-electron chi connectivity index (χ1n) is 8.30. The van der Waals surface area contributed by atoms with Gasteiger partial charge in [-0.25, -0.2) is 8.78 Å². The molecule has 0 spiro atoms. The fourth-order valence-electron chi connectivity index (χ4n) is 3.11. The van der Waals surface area contributed by atoms with Crippen LogP contribution in [0, 0.1) is 17.0 Å². The van der Waals surface area contributed by atoms with E-state index in [1.807, 2.05) is 20.8 Å². The monoisotopic (exact) mass is 348 g/mol. The molecule has 134 valence electrons. The van der Waals surface area contributed by atoms with Crippen LogP contribution in [0.5, 0.6) is 0 Å². The molecule has 7 heteroatoms. The van der Waals surface area contributed by atoms with E-state index in [2.05, 4.69) is 20.8 Å². The van der Waals surface area contributed by atoms with Crippen molar-refractivity contribution in [1.82, 2.24) is 20.8 Å². The number of amides is 1. The van der Waals surface area contributed by atoms with E-state index < -0.39 is 23.1 Å². The van der Waals surface area contributed by atoms with Gasteiger partial charge in [0.15, 0.2) is 5.69 Å². The lowest BCUT2D eigenvalue weighted by atomic mass is 9.82.